The minimum Gasteiger partial charge on any atom is -0.456 e. The predicted molar refractivity (Wildman–Crippen MR) is 145 cm³/mol. The summed E-state index contributed by atoms with van der Waals surface area (Å²) in [7, 11) is 1.51. The van der Waals surface area contributed by atoms with Gasteiger partial charge in [-0.25, -0.2) is 9.59 Å². The number of aromatic nitrogens is 1. The van der Waals surface area contributed by atoms with Crippen molar-refractivity contribution in [1.82, 2.24) is 14.4 Å². The Kier molecular flexibility index (Phi) is 6.09. The number of amides is 4. The number of carbonyl (C=O) groups excluding carboxylic acids is 4. The number of anilines is 1. The Hall–Kier alpha value is -4.40. The second-order valence-corrected chi connectivity index (χ2v) is 10.7. The van der Waals surface area contributed by atoms with E-state index < -0.39 is 11.5 Å². The van der Waals surface area contributed by atoms with Crippen LogP contribution in [0.5, 0.6) is 0 Å². The Morgan fingerprint density at radius 1 is 1.16 bits per heavy atom. The fourth-order valence-electron chi connectivity index (χ4n) is 5.15. The van der Waals surface area contributed by atoms with Crippen LogP contribution in [-0.2, 0) is 27.4 Å². The minimum atomic E-state index is -0.584. The Bertz CT molecular complexity index is 1500. The number of nitrogens with zero attached hydrogens (tertiary/aromatic N) is 3. The van der Waals surface area contributed by atoms with E-state index in [2.05, 4.69) is 16.5 Å². The van der Waals surface area contributed by atoms with Crippen LogP contribution < -0.4 is 5.32 Å². The molecule has 2 bridgehead atoms. The van der Waals surface area contributed by atoms with Crippen LogP contribution in [0.1, 0.15) is 55.3 Å². The van der Waals surface area contributed by atoms with Gasteiger partial charge in [0, 0.05) is 43.8 Å². The average molecular weight is 517 g/mol. The Morgan fingerprint density at radius 3 is 2.53 bits per heavy atom. The topological polar surface area (TPSA) is 101 Å². The van der Waals surface area contributed by atoms with Crippen LogP contribution in [0.25, 0.3) is 10.9 Å². The number of ether oxygens (including phenoxy) is 1. The number of hydrogen-bond acceptors (Lipinski definition) is 5. The smallest absolute Gasteiger partial charge is 0.338 e. The SMILES string of the molecule is C=CC(=O)Nc1ccc2c(c1)c1c(n2Cc2ccc(C(=O)OC(C)(C)C)cc2)CN2CC1C(=O)N(C)C2=O.[HH]. The summed E-state index contributed by atoms with van der Waals surface area (Å²) in [6, 6.07) is 12.5. The number of rotatable bonds is 5. The van der Waals surface area contributed by atoms with E-state index in [4.69, 9.17) is 4.74 Å². The van der Waals surface area contributed by atoms with Gasteiger partial charge in [-0.2, -0.15) is 0 Å². The van der Waals surface area contributed by atoms with Crippen molar-refractivity contribution in [2.75, 3.05) is 18.9 Å². The van der Waals surface area contributed by atoms with E-state index in [1.54, 1.807) is 17.0 Å². The van der Waals surface area contributed by atoms with Crippen LogP contribution >= 0.6 is 0 Å². The van der Waals surface area contributed by atoms with Crippen molar-refractivity contribution in [3.05, 3.63) is 77.5 Å². The highest BCUT2D eigenvalue weighted by atomic mass is 16.6. The highest BCUT2D eigenvalue weighted by Crippen LogP contribution is 2.41. The van der Waals surface area contributed by atoms with E-state index in [0.717, 1.165) is 27.7 Å². The summed E-state index contributed by atoms with van der Waals surface area (Å²) in [5.74, 6) is -1.45. The number of likely N-dealkylation sites (N-methyl/N-ethyl adjacent to an activating group) is 1. The molecular formula is C29H32N4O5. The molecule has 1 aromatic heterocycles. The van der Waals surface area contributed by atoms with Crippen molar-refractivity contribution in [3.8, 4) is 0 Å². The van der Waals surface area contributed by atoms with Crippen LogP contribution in [0.2, 0.25) is 0 Å². The van der Waals surface area contributed by atoms with Crippen molar-refractivity contribution in [2.24, 2.45) is 0 Å². The van der Waals surface area contributed by atoms with Crippen molar-refractivity contribution in [3.63, 3.8) is 0 Å². The van der Waals surface area contributed by atoms with Gasteiger partial charge in [0.2, 0.25) is 11.8 Å². The Labute approximate surface area is 222 Å². The maximum Gasteiger partial charge on any atom is 0.338 e. The van der Waals surface area contributed by atoms with E-state index in [9.17, 15) is 19.2 Å². The molecule has 0 spiro atoms. The number of benzene rings is 2. The largest absolute Gasteiger partial charge is 0.456 e. The summed E-state index contributed by atoms with van der Waals surface area (Å²) in [5, 5.41) is 3.65. The number of hydrogen-bond donors (Lipinski definition) is 1. The number of fused-ring (bicyclic) bond motifs is 6. The summed E-state index contributed by atoms with van der Waals surface area (Å²) in [6.45, 7) is 10.1. The minimum absolute atomic E-state index is 0. The number of urea groups is 1. The first-order valence-corrected chi connectivity index (χ1v) is 12.4. The zero-order valence-corrected chi connectivity index (χ0v) is 21.9. The molecule has 0 aliphatic carbocycles. The summed E-state index contributed by atoms with van der Waals surface area (Å²) in [4.78, 5) is 53.2. The molecule has 1 saturated heterocycles. The maximum atomic E-state index is 13.2. The highest BCUT2D eigenvalue weighted by molar-refractivity contribution is 6.05. The van der Waals surface area contributed by atoms with Gasteiger partial charge in [-0.3, -0.25) is 14.5 Å². The molecule has 198 valence electrons. The van der Waals surface area contributed by atoms with E-state index >= 15 is 0 Å². The van der Waals surface area contributed by atoms with E-state index in [1.165, 1.54) is 18.0 Å². The van der Waals surface area contributed by atoms with Crippen molar-refractivity contribution in [1.29, 1.82) is 0 Å². The molecule has 5 rings (SSSR count). The van der Waals surface area contributed by atoms with Gasteiger partial charge in [-0.15, -0.1) is 0 Å². The fourth-order valence-corrected chi connectivity index (χ4v) is 5.15. The molecule has 3 heterocycles. The first-order valence-electron chi connectivity index (χ1n) is 12.4. The zero-order chi connectivity index (χ0) is 27.4. The standard InChI is InChI=1S/C29H30N4O5.H2/c1-6-24(34)30-19-11-12-22-20(13-19)25-21-15-32(28(37)31(5)26(21)35)16-23(25)33(22)14-17-7-9-18(10-8-17)27(36)38-29(2,3)4;/h6-13,21H,1,14-16H2,2-5H3,(H,30,34);1H. The van der Waals surface area contributed by atoms with Crippen LogP contribution in [0.4, 0.5) is 10.5 Å². The number of carbonyl (C=O) groups is 4. The molecule has 2 aromatic carbocycles. The lowest BCUT2D eigenvalue weighted by molar-refractivity contribution is -0.132. The quantitative estimate of drug-likeness (QED) is 0.397. The molecule has 9 heteroatoms. The molecule has 2 aliphatic rings. The van der Waals surface area contributed by atoms with Crippen molar-refractivity contribution < 1.29 is 25.3 Å². The molecule has 0 radical (unpaired) electrons. The van der Waals surface area contributed by atoms with Gasteiger partial charge < -0.3 is 19.5 Å². The molecule has 0 saturated carbocycles. The summed E-state index contributed by atoms with van der Waals surface area (Å²) >= 11 is 0. The molecule has 9 nitrogen and oxygen atoms in total. The lowest BCUT2D eigenvalue weighted by atomic mass is 9.89. The van der Waals surface area contributed by atoms with Gasteiger partial charge in [0.1, 0.15) is 5.60 Å². The molecule has 2 aliphatic heterocycles. The second kappa shape index (κ2) is 9.16. The molecule has 4 amide bonds. The molecule has 1 atom stereocenters. The van der Waals surface area contributed by atoms with Gasteiger partial charge >= 0.3 is 12.0 Å². The maximum absolute atomic E-state index is 13.2. The van der Waals surface area contributed by atoms with Crippen molar-refractivity contribution in [2.45, 2.75) is 45.4 Å². The monoisotopic (exact) mass is 516 g/mol. The lowest BCUT2D eigenvalue weighted by Crippen LogP contribution is -2.56. The van der Waals surface area contributed by atoms with Crippen LogP contribution in [-0.4, -0.2) is 57.4 Å². The molecule has 38 heavy (non-hydrogen) atoms. The number of imide groups is 1. The van der Waals surface area contributed by atoms with Gasteiger partial charge in [0.05, 0.1) is 18.0 Å². The number of nitrogens with one attached hydrogen (secondary N) is 1. The zero-order valence-electron chi connectivity index (χ0n) is 21.9. The predicted octanol–water partition coefficient (Wildman–Crippen LogP) is 4.51. The third-order valence-electron chi connectivity index (χ3n) is 6.87. The lowest BCUT2D eigenvalue weighted by Gasteiger charge is -2.41. The number of esters is 1. The van der Waals surface area contributed by atoms with Crippen LogP contribution in [0.3, 0.4) is 0 Å². The third-order valence-corrected chi connectivity index (χ3v) is 6.87. The summed E-state index contributed by atoms with van der Waals surface area (Å²) in [5.41, 5.74) is 4.07. The molecular weight excluding hydrogens is 484 g/mol. The van der Waals surface area contributed by atoms with Gasteiger partial charge in [0.25, 0.3) is 0 Å². The van der Waals surface area contributed by atoms with Gasteiger partial charge in [-0.1, -0.05) is 18.7 Å². The van der Waals surface area contributed by atoms with Crippen LogP contribution in [0, 0.1) is 0 Å². The normalized spacial score (nSPS) is 16.9. The van der Waals surface area contributed by atoms with E-state index in [1.807, 2.05) is 51.1 Å². The molecule has 1 fully saturated rings. The van der Waals surface area contributed by atoms with Gasteiger partial charge in [0.15, 0.2) is 0 Å². The molecule has 3 aromatic rings. The Balaban J connectivity index is 0.00000353. The van der Waals surface area contributed by atoms with E-state index in [0.29, 0.717) is 30.9 Å². The second-order valence-electron chi connectivity index (χ2n) is 10.7. The molecule has 1 unspecified atom stereocenters. The van der Waals surface area contributed by atoms with E-state index in [-0.39, 0.29) is 25.2 Å². The first kappa shape index (κ1) is 25.3. The van der Waals surface area contributed by atoms with Crippen LogP contribution in [0.15, 0.2) is 55.1 Å². The molecule has 1 N–H and O–H groups in total. The average Bonchev–Trinajstić information content (AvgIpc) is 3.18. The highest BCUT2D eigenvalue weighted by Gasteiger charge is 2.44. The summed E-state index contributed by atoms with van der Waals surface area (Å²) < 4.78 is 7.57. The van der Waals surface area contributed by atoms with Gasteiger partial charge in [-0.05, 0) is 68.3 Å². The van der Waals surface area contributed by atoms with Crippen molar-refractivity contribution >= 4 is 40.4 Å². The fraction of sp³-hybridized carbons (Fsp3) is 0.310. The third kappa shape index (κ3) is 4.44. The first-order chi connectivity index (χ1) is 18.0. The Morgan fingerprint density at radius 2 is 1.87 bits per heavy atom. The summed E-state index contributed by atoms with van der Waals surface area (Å²) in [6.07, 6.45) is 1.20.